The monoisotopic (exact) mass is 577 g/mol. The van der Waals surface area contributed by atoms with Crippen molar-refractivity contribution in [2.24, 2.45) is 29.4 Å². The third kappa shape index (κ3) is 4.77. The molecule has 218 valence electrons. The third-order valence-corrected chi connectivity index (χ3v) is 8.90. The van der Waals surface area contributed by atoms with Crippen LogP contribution >= 0.6 is 11.6 Å². The number of carbonyl (C=O) groups is 5. The molecule has 4 N–H and O–H groups in total. The van der Waals surface area contributed by atoms with Crippen LogP contribution in [0.4, 0.5) is 0 Å². The smallest absolute Gasteiger partial charge is 0.235 e. The number of carbonyl (C=O) groups excluding carboxylic acids is 5. The zero-order chi connectivity index (χ0) is 29.8. The Morgan fingerprint density at radius 2 is 1.85 bits per heavy atom. The number of nitrogens with zero attached hydrogens (tertiary/aromatic N) is 2. The molecule has 2 unspecified atom stereocenters. The summed E-state index contributed by atoms with van der Waals surface area (Å²) in [7, 11) is 4.95. The van der Waals surface area contributed by atoms with Crippen LogP contribution in [0.15, 0.2) is 6.07 Å². The molecular formula is C28H36ClN3O8. The van der Waals surface area contributed by atoms with E-state index in [-0.39, 0.29) is 30.3 Å². The number of primary amides is 1. The number of rotatable bonds is 8. The quantitative estimate of drug-likeness (QED) is 0.367. The maximum absolute atomic E-state index is 13.8. The third-order valence-electron chi connectivity index (χ3n) is 8.43. The van der Waals surface area contributed by atoms with Crippen molar-refractivity contribution in [3.8, 4) is 5.75 Å². The first-order valence-electron chi connectivity index (χ1n) is 13.3. The van der Waals surface area contributed by atoms with Gasteiger partial charge in [-0.1, -0.05) is 11.6 Å². The SMILES string of the molecule is CC(C)OCCN(C)Cc1cc(O)c2c(c1Cl)C[C@H]1C[C@H]3[C@H](N(C)C)C(=O)C(C(N)=O)C(=O)[C@@]3(O)C(=O)C1C2=O. The number of ether oxygens (including phenoxy) is 1. The van der Waals surface area contributed by atoms with Crippen molar-refractivity contribution >= 4 is 40.6 Å². The lowest BCUT2D eigenvalue weighted by atomic mass is 9.52. The van der Waals surface area contributed by atoms with E-state index in [2.05, 4.69) is 0 Å². The second-order valence-electron chi connectivity index (χ2n) is 11.7. The van der Waals surface area contributed by atoms with Gasteiger partial charge in [0.05, 0.1) is 30.2 Å². The zero-order valence-corrected chi connectivity index (χ0v) is 24.0. The van der Waals surface area contributed by atoms with Crippen molar-refractivity contribution in [3.63, 3.8) is 0 Å². The van der Waals surface area contributed by atoms with Gasteiger partial charge in [0, 0.05) is 24.0 Å². The van der Waals surface area contributed by atoms with Gasteiger partial charge in [-0.2, -0.15) is 0 Å². The molecule has 12 heteroatoms. The van der Waals surface area contributed by atoms with Gasteiger partial charge in [0.1, 0.15) is 5.75 Å². The molecule has 6 atom stereocenters. The molecule has 0 heterocycles. The molecule has 11 nitrogen and oxygen atoms in total. The molecule has 3 aliphatic carbocycles. The van der Waals surface area contributed by atoms with Crippen molar-refractivity contribution in [2.75, 3.05) is 34.3 Å². The number of amides is 1. The number of fused-ring (bicyclic) bond motifs is 3. The Hall–Kier alpha value is -2.70. The summed E-state index contributed by atoms with van der Waals surface area (Å²) in [4.78, 5) is 69.5. The molecule has 0 saturated heterocycles. The van der Waals surface area contributed by atoms with Gasteiger partial charge < -0.3 is 20.7 Å². The summed E-state index contributed by atoms with van der Waals surface area (Å²) in [5, 5.41) is 22.8. The topological polar surface area (TPSA) is 168 Å². The fourth-order valence-corrected chi connectivity index (χ4v) is 6.92. The molecule has 2 fully saturated rings. The highest BCUT2D eigenvalue weighted by molar-refractivity contribution is 6.34. The Kier molecular flexibility index (Phi) is 8.28. The molecule has 4 rings (SSSR count). The number of halogens is 1. The summed E-state index contributed by atoms with van der Waals surface area (Å²) in [6.45, 7) is 5.35. The Balaban J connectivity index is 1.72. The van der Waals surface area contributed by atoms with E-state index >= 15 is 0 Å². The lowest BCUT2D eigenvalue weighted by Crippen LogP contribution is -2.74. The first-order valence-corrected chi connectivity index (χ1v) is 13.7. The van der Waals surface area contributed by atoms with E-state index < -0.39 is 64.4 Å². The second-order valence-corrected chi connectivity index (χ2v) is 12.0. The number of hydrogen-bond donors (Lipinski definition) is 3. The first-order chi connectivity index (χ1) is 18.6. The van der Waals surface area contributed by atoms with Gasteiger partial charge >= 0.3 is 0 Å². The minimum Gasteiger partial charge on any atom is -0.507 e. The van der Waals surface area contributed by atoms with Gasteiger partial charge in [-0.15, -0.1) is 0 Å². The van der Waals surface area contributed by atoms with Crippen LogP contribution in [0.1, 0.15) is 41.8 Å². The van der Waals surface area contributed by atoms with Crippen LogP contribution in [0.3, 0.4) is 0 Å². The summed E-state index contributed by atoms with van der Waals surface area (Å²) >= 11 is 6.78. The van der Waals surface area contributed by atoms with Crippen molar-refractivity contribution in [1.29, 1.82) is 0 Å². The van der Waals surface area contributed by atoms with Crippen LogP contribution in [0, 0.1) is 23.7 Å². The Morgan fingerprint density at radius 3 is 2.42 bits per heavy atom. The average Bonchev–Trinajstić information content (AvgIpc) is 2.83. The Bertz CT molecular complexity index is 1280. The number of benzene rings is 1. The van der Waals surface area contributed by atoms with Gasteiger partial charge in [0.15, 0.2) is 34.7 Å². The zero-order valence-electron chi connectivity index (χ0n) is 23.3. The highest BCUT2D eigenvalue weighted by Gasteiger charge is 2.69. The normalized spacial score (nSPS) is 30.1. The Morgan fingerprint density at radius 1 is 1.20 bits per heavy atom. The minimum absolute atomic E-state index is 0.0301. The standard InChI is InChI=1S/C28H36ClN3O8/c1-12(2)40-7-6-32(5)11-14-10-17(33)19-15(21(14)29)8-13-9-16-22(31(3)4)24(35)20(27(30)38)26(37)28(16,39)25(36)18(13)23(19)34/h10,12-13,16,18,20,22,33,39H,6-9,11H2,1-5H3,(H2,30,38)/t13-,16-,18?,20?,22-,28-/m0/s1. The number of phenols is 1. The number of Topliss-reactive ketones (excluding diaryl/α,β-unsaturated/α-hetero) is 4. The molecule has 1 aromatic rings. The predicted molar refractivity (Wildman–Crippen MR) is 144 cm³/mol. The number of aliphatic hydroxyl groups is 1. The van der Waals surface area contributed by atoms with Crippen molar-refractivity contribution < 1.29 is 38.9 Å². The molecule has 3 aliphatic rings. The van der Waals surface area contributed by atoms with E-state index in [1.54, 1.807) is 14.1 Å². The number of hydrogen-bond acceptors (Lipinski definition) is 10. The van der Waals surface area contributed by atoms with E-state index in [0.29, 0.717) is 35.8 Å². The number of aromatic hydroxyl groups is 1. The molecule has 0 bridgehead atoms. The minimum atomic E-state index is -2.75. The first kappa shape index (κ1) is 30.3. The summed E-state index contributed by atoms with van der Waals surface area (Å²) in [5.41, 5.74) is 3.44. The molecule has 40 heavy (non-hydrogen) atoms. The van der Waals surface area contributed by atoms with Crippen LogP contribution in [0.5, 0.6) is 5.75 Å². The number of nitrogens with two attached hydrogens (primary N) is 1. The highest BCUT2D eigenvalue weighted by atomic mass is 35.5. The van der Waals surface area contributed by atoms with Gasteiger partial charge in [-0.3, -0.25) is 33.8 Å². The number of likely N-dealkylation sites (N-methyl/N-ethyl adjacent to an activating group) is 2. The number of ketones is 4. The maximum Gasteiger partial charge on any atom is 0.235 e. The summed E-state index contributed by atoms with van der Waals surface area (Å²) < 4.78 is 5.59. The van der Waals surface area contributed by atoms with Crippen LogP contribution in [0.25, 0.3) is 0 Å². The summed E-state index contributed by atoms with van der Waals surface area (Å²) in [6.07, 6.45) is 0.173. The average molecular weight is 578 g/mol. The van der Waals surface area contributed by atoms with E-state index in [9.17, 15) is 34.2 Å². The molecule has 1 aromatic carbocycles. The molecule has 0 aliphatic heterocycles. The second kappa shape index (κ2) is 10.9. The van der Waals surface area contributed by atoms with Gasteiger partial charge in [0.2, 0.25) is 5.91 Å². The molecule has 0 aromatic heterocycles. The summed E-state index contributed by atoms with van der Waals surface area (Å²) in [6, 6.07) is 0.234. The van der Waals surface area contributed by atoms with Gasteiger partial charge in [-0.25, -0.2) is 0 Å². The van der Waals surface area contributed by atoms with E-state index in [1.807, 2.05) is 25.8 Å². The fourth-order valence-electron chi connectivity index (χ4n) is 6.64. The predicted octanol–water partition coefficient (Wildman–Crippen LogP) is 0.377. The molecule has 0 radical (unpaired) electrons. The lowest BCUT2D eigenvalue weighted by Gasteiger charge is -2.52. The summed E-state index contributed by atoms with van der Waals surface area (Å²) in [5.74, 6) is -10.9. The fraction of sp³-hybridized carbons (Fsp3) is 0.607. The van der Waals surface area contributed by atoms with Gasteiger partial charge in [-0.05, 0) is 70.9 Å². The van der Waals surface area contributed by atoms with E-state index in [4.69, 9.17) is 22.1 Å². The van der Waals surface area contributed by atoms with E-state index in [1.165, 1.54) is 11.0 Å². The molecule has 0 spiro atoms. The lowest BCUT2D eigenvalue weighted by molar-refractivity contribution is -0.181. The van der Waals surface area contributed by atoms with E-state index in [0.717, 1.165) is 0 Å². The van der Waals surface area contributed by atoms with Crippen molar-refractivity contribution in [3.05, 3.63) is 27.8 Å². The van der Waals surface area contributed by atoms with Crippen molar-refractivity contribution in [2.45, 2.75) is 51.0 Å². The number of phenolic OH excluding ortho intramolecular Hbond substituents is 1. The van der Waals surface area contributed by atoms with Crippen molar-refractivity contribution in [1.82, 2.24) is 9.80 Å². The maximum atomic E-state index is 13.8. The van der Waals surface area contributed by atoms with Crippen LogP contribution < -0.4 is 5.73 Å². The van der Waals surface area contributed by atoms with Crippen LogP contribution in [0.2, 0.25) is 5.02 Å². The molecule has 2 saturated carbocycles. The van der Waals surface area contributed by atoms with Gasteiger partial charge in [0.25, 0.3) is 0 Å². The molecular weight excluding hydrogens is 542 g/mol. The van der Waals surface area contributed by atoms with Crippen LogP contribution in [-0.2, 0) is 36.9 Å². The largest absolute Gasteiger partial charge is 0.507 e. The Labute approximate surface area is 237 Å². The highest BCUT2D eigenvalue weighted by Crippen LogP contribution is 2.51. The van der Waals surface area contributed by atoms with Crippen LogP contribution in [-0.4, -0.2) is 101 Å². The molecule has 1 amide bonds.